The van der Waals surface area contributed by atoms with Gasteiger partial charge in [0.2, 0.25) is 0 Å². The number of para-hydroxylation sites is 1. The topological polar surface area (TPSA) is 77.8 Å². The Bertz CT molecular complexity index is 874. The van der Waals surface area contributed by atoms with Crippen LogP contribution in [0.2, 0.25) is 0 Å². The van der Waals surface area contributed by atoms with Crippen molar-refractivity contribution in [2.75, 3.05) is 6.54 Å². The highest BCUT2D eigenvalue weighted by atomic mass is 32.2. The Morgan fingerprint density at radius 2 is 1.81 bits per heavy atom. The number of hydrogen-bond donors (Lipinski definition) is 2. The normalized spacial score (nSPS) is 15.9. The Balaban J connectivity index is 1.72. The van der Waals surface area contributed by atoms with E-state index in [1.807, 2.05) is 24.3 Å². The Morgan fingerprint density at radius 1 is 1.08 bits per heavy atom. The molecule has 134 valence electrons. The van der Waals surface area contributed by atoms with Crippen LogP contribution >= 0.6 is 11.8 Å². The number of nitrogens with zero attached hydrogens (tertiary/aromatic N) is 1. The Labute approximate surface area is 156 Å². The molecule has 0 aliphatic carbocycles. The third-order valence-electron chi connectivity index (χ3n) is 4.26. The van der Waals surface area contributed by atoms with Crippen molar-refractivity contribution in [1.82, 2.24) is 4.90 Å². The van der Waals surface area contributed by atoms with Crippen LogP contribution in [-0.2, 0) is 17.6 Å². The molecule has 1 heterocycles. The van der Waals surface area contributed by atoms with Crippen LogP contribution in [0, 0.1) is 0 Å². The molecule has 2 aromatic carbocycles. The standard InChI is InChI=1S/C20H19NO4S/c1-2-13-6-8-14(9-7-13)12-17-19(24)21(20(25)26-17)11-10-15-4-3-5-16(22)18(15)23/h3-9,12,22-23H,2,10-11H2,1H3/b17-12-. The van der Waals surface area contributed by atoms with Crippen molar-refractivity contribution in [3.8, 4) is 11.5 Å². The van der Waals surface area contributed by atoms with E-state index in [-0.39, 0.29) is 35.6 Å². The lowest BCUT2D eigenvalue weighted by atomic mass is 10.1. The van der Waals surface area contributed by atoms with Gasteiger partial charge >= 0.3 is 0 Å². The lowest BCUT2D eigenvalue weighted by Crippen LogP contribution is -2.30. The quantitative estimate of drug-likeness (QED) is 0.617. The van der Waals surface area contributed by atoms with Crippen LogP contribution < -0.4 is 0 Å². The Kier molecular flexibility index (Phi) is 5.32. The van der Waals surface area contributed by atoms with E-state index in [0.717, 1.165) is 23.7 Å². The Hall–Kier alpha value is -2.73. The van der Waals surface area contributed by atoms with Gasteiger partial charge in [-0.3, -0.25) is 14.5 Å². The molecule has 0 atom stereocenters. The van der Waals surface area contributed by atoms with Gasteiger partial charge in [-0.1, -0.05) is 43.3 Å². The number of thioether (sulfide) groups is 1. The fourth-order valence-electron chi connectivity index (χ4n) is 2.71. The van der Waals surface area contributed by atoms with E-state index in [2.05, 4.69) is 6.92 Å². The largest absolute Gasteiger partial charge is 0.504 e. The first-order valence-electron chi connectivity index (χ1n) is 8.33. The SMILES string of the molecule is CCc1ccc(/C=C2\SC(=O)N(CCc3cccc(O)c3O)C2=O)cc1. The molecule has 1 aliphatic heterocycles. The molecule has 0 radical (unpaired) electrons. The second-order valence-electron chi connectivity index (χ2n) is 5.96. The van der Waals surface area contributed by atoms with Crippen LogP contribution in [0.5, 0.6) is 11.5 Å². The maximum Gasteiger partial charge on any atom is 0.293 e. The summed E-state index contributed by atoms with van der Waals surface area (Å²) in [7, 11) is 0. The molecule has 2 aromatic rings. The minimum atomic E-state index is -0.334. The van der Waals surface area contributed by atoms with Crippen molar-refractivity contribution in [3.63, 3.8) is 0 Å². The molecule has 1 saturated heterocycles. The van der Waals surface area contributed by atoms with Crippen LogP contribution in [0.25, 0.3) is 6.08 Å². The summed E-state index contributed by atoms with van der Waals surface area (Å²) in [5.74, 6) is -0.766. The number of benzene rings is 2. The zero-order valence-electron chi connectivity index (χ0n) is 14.3. The van der Waals surface area contributed by atoms with Gasteiger partial charge in [-0.2, -0.15) is 0 Å². The molecule has 1 fully saturated rings. The minimum Gasteiger partial charge on any atom is -0.504 e. The summed E-state index contributed by atoms with van der Waals surface area (Å²) < 4.78 is 0. The van der Waals surface area contributed by atoms with Crippen molar-refractivity contribution in [3.05, 3.63) is 64.1 Å². The lowest BCUT2D eigenvalue weighted by Gasteiger charge is -2.13. The van der Waals surface area contributed by atoms with Crippen LogP contribution in [0.3, 0.4) is 0 Å². The molecule has 5 nitrogen and oxygen atoms in total. The van der Waals surface area contributed by atoms with Gasteiger partial charge in [-0.05, 0) is 53.4 Å². The lowest BCUT2D eigenvalue weighted by molar-refractivity contribution is -0.122. The van der Waals surface area contributed by atoms with Gasteiger partial charge in [0.15, 0.2) is 11.5 Å². The second-order valence-corrected chi connectivity index (χ2v) is 6.96. The van der Waals surface area contributed by atoms with Crippen molar-refractivity contribution in [1.29, 1.82) is 0 Å². The van der Waals surface area contributed by atoms with E-state index in [4.69, 9.17) is 0 Å². The van der Waals surface area contributed by atoms with Crippen LogP contribution in [0.1, 0.15) is 23.6 Å². The third kappa shape index (κ3) is 3.75. The molecular formula is C20H19NO4S. The molecule has 0 spiro atoms. The van der Waals surface area contributed by atoms with Crippen molar-refractivity contribution in [2.45, 2.75) is 19.8 Å². The predicted molar refractivity (Wildman–Crippen MR) is 102 cm³/mol. The number of phenolic OH excluding ortho intramolecular Hbond substituents is 2. The first kappa shape index (κ1) is 18.1. The van der Waals surface area contributed by atoms with Gasteiger partial charge < -0.3 is 10.2 Å². The first-order chi connectivity index (χ1) is 12.5. The maximum atomic E-state index is 12.5. The number of aromatic hydroxyl groups is 2. The van der Waals surface area contributed by atoms with Crippen molar-refractivity contribution in [2.24, 2.45) is 0 Å². The van der Waals surface area contributed by atoms with E-state index in [9.17, 15) is 19.8 Å². The van der Waals surface area contributed by atoms with E-state index in [1.165, 1.54) is 16.5 Å². The number of rotatable bonds is 5. The summed E-state index contributed by atoms with van der Waals surface area (Å²) in [5, 5.41) is 19.0. The average Bonchev–Trinajstić information content (AvgIpc) is 2.90. The van der Waals surface area contributed by atoms with Crippen LogP contribution in [-0.4, -0.2) is 32.8 Å². The van der Waals surface area contributed by atoms with E-state index < -0.39 is 0 Å². The summed E-state index contributed by atoms with van der Waals surface area (Å²) in [5.41, 5.74) is 2.57. The second kappa shape index (κ2) is 7.66. The molecule has 26 heavy (non-hydrogen) atoms. The van der Waals surface area contributed by atoms with Crippen LogP contribution in [0.15, 0.2) is 47.4 Å². The molecule has 2 amide bonds. The maximum absolute atomic E-state index is 12.5. The summed E-state index contributed by atoms with van der Waals surface area (Å²) in [6.45, 7) is 2.22. The van der Waals surface area contributed by atoms with Gasteiger partial charge in [0.1, 0.15) is 0 Å². The number of hydrogen-bond acceptors (Lipinski definition) is 5. The fourth-order valence-corrected chi connectivity index (χ4v) is 3.57. The highest BCUT2D eigenvalue weighted by Gasteiger charge is 2.34. The zero-order valence-corrected chi connectivity index (χ0v) is 15.1. The van der Waals surface area contributed by atoms with Crippen molar-refractivity contribution < 1.29 is 19.8 Å². The smallest absolute Gasteiger partial charge is 0.293 e. The van der Waals surface area contributed by atoms with Gasteiger partial charge in [0.05, 0.1) is 4.91 Å². The van der Waals surface area contributed by atoms with Gasteiger partial charge in [0.25, 0.3) is 11.1 Å². The summed E-state index contributed by atoms with van der Waals surface area (Å²) >= 11 is 0.916. The zero-order chi connectivity index (χ0) is 18.7. The number of imide groups is 1. The van der Waals surface area contributed by atoms with Crippen molar-refractivity contribution >= 4 is 29.0 Å². The molecule has 0 bridgehead atoms. The van der Waals surface area contributed by atoms with Crippen LogP contribution in [0.4, 0.5) is 4.79 Å². The summed E-state index contributed by atoms with van der Waals surface area (Å²) in [6.07, 6.45) is 2.94. The van der Waals surface area contributed by atoms with E-state index in [1.54, 1.807) is 18.2 Å². The number of phenols is 2. The first-order valence-corrected chi connectivity index (χ1v) is 9.15. The summed E-state index contributed by atoms with van der Waals surface area (Å²) in [4.78, 5) is 26.3. The number of carbonyl (C=O) groups excluding carboxylic acids is 2. The number of amides is 2. The number of carbonyl (C=O) groups is 2. The summed E-state index contributed by atoms with van der Waals surface area (Å²) in [6, 6.07) is 12.5. The third-order valence-corrected chi connectivity index (χ3v) is 5.17. The van der Waals surface area contributed by atoms with E-state index >= 15 is 0 Å². The monoisotopic (exact) mass is 369 g/mol. The molecule has 0 aromatic heterocycles. The molecule has 2 N–H and O–H groups in total. The molecule has 0 unspecified atom stereocenters. The highest BCUT2D eigenvalue weighted by molar-refractivity contribution is 8.18. The molecular weight excluding hydrogens is 350 g/mol. The molecule has 6 heteroatoms. The van der Waals surface area contributed by atoms with E-state index in [0.29, 0.717) is 10.5 Å². The fraction of sp³-hybridized carbons (Fsp3) is 0.200. The Morgan fingerprint density at radius 3 is 2.50 bits per heavy atom. The molecule has 1 aliphatic rings. The van der Waals surface area contributed by atoms with Gasteiger partial charge in [-0.25, -0.2) is 0 Å². The highest BCUT2D eigenvalue weighted by Crippen LogP contribution is 2.33. The predicted octanol–water partition coefficient (Wildman–Crippen LogP) is 3.94. The average molecular weight is 369 g/mol. The van der Waals surface area contributed by atoms with Gasteiger partial charge in [-0.15, -0.1) is 0 Å². The minimum absolute atomic E-state index is 0.147. The van der Waals surface area contributed by atoms with Gasteiger partial charge in [0, 0.05) is 6.54 Å². The molecule has 0 saturated carbocycles. The number of aryl methyl sites for hydroxylation is 1. The molecule has 3 rings (SSSR count).